The number of ketones is 1. The van der Waals surface area contributed by atoms with E-state index in [0.717, 1.165) is 10.9 Å². The molecule has 6 heteroatoms. The summed E-state index contributed by atoms with van der Waals surface area (Å²) in [5.74, 6) is 0.298. The summed E-state index contributed by atoms with van der Waals surface area (Å²) in [5.41, 5.74) is 2.33. The summed E-state index contributed by atoms with van der Waals surface area (Å²) in [5, 5.41) is 0.789. The van der Waals surface area contributed by atoms with Crippen LogP contribution in [-0.4, -0.2) is 27.8 Å². The van der Waals surface area contributed by atoms with Crippen molar-refractivity contribution in [2.24, 2.45) is 0 Å². The van der Waals surface area contributed by atoms with Crippen molar-refractivity contribution in [3.8, 4) is 16.9 Å². The van der Waals surface area contributed by atoms with Crippen LogP contribution in [0.25, 0.3) is 28.1 Å². The van der Waals surface area contributed by atoms with Crippen LogP contribution >= 0.6 is 0 Å². The van der Waals surface area contributed by atoms with Gasteiger partial charge in [-0.05, 0) is 35.9 Å². The number of allylic oxidation sites excluding steroid dienone is 1. The Kier molecular flexibility index (Phi) is 4.99. The maximum Gasteiger partial charge on any atom is 0.260 e. The van der Waals surface area contributed by atoms with Gasteiger partial charge >= 0.3 is 0 Å². The standard InChI is InChI=1S/C23H17N3O3/c1-29-17-9-7-16(8-10-17)21-18-4-2-3-5-19(18)26-23(28)22(21)20(27)11-6-15-12-24-14-25-13-15/h2-14H,1H3,(H,26,28)/b11-6+. The van der Waals surface area contributed by atoms with Crippen LogP contribution in [0.4, 0.5) is 0 Å². The lowest BCUT2D eigenvalue weighted by atomic mass is 9.94. The highest BCUT2D eigenvalue weighted by Crippen LogP contribution is 2.31. The van der Waals surface area contributed by atoms with Crippen molar-refractivity contribution in [3.63, 3.8) is 0 Å². The molecule has 6 nitrogen and oxygen atoms in total. The van der Waals surface area contributed by atoms with Gasteiger partial charge < -0.3 is 9.72 Å². The third kappa shape index (κ3) is 3.68. The number of nitrogens with one attached hydrogen (secondary N) is 1. The Labute approximate surface area is 166 Å². The lowest BCUT2D eigenvalue weighted by Crippen LogP contribution is -2.18. The molecule has 4 rings (SSSR count). The first-order chi connectivity index (χ1) is 14.2. The zero-order valence-electron chi connectivity index (χ0n) is 15.6. The molecular formula is C23H17N3O3. The number of carbonyl (C=O) groups is 1. The van der Waals surface area contributed by atoms with Gasteiger partial charge in [-0.25, -0.2) is 9.97 Å². The third-order valence-corrected chi connectivity index (χ3v) is 4.55. The largest absolute Gasteiger partial charge is 0.497 e. The highest BCUT2D eigenvalue weighted by Gasteiger charge is 2.19. The number of rotatable bonds is 5. The average molecular weight is 383 g/mol. The zero-order chi connectivity index (χ0) is 20.2. The molecule has 2 heterocycles. The second-order valence-electron chi connectivity index (χ2n) is 6.35. The lowest BCUT2D eigenvalue weighted by molar-refractivity contribution is 0.104. The summed E-state index contributed by atoms with van der Waals surface area (Å²) in [6.45, 7) is 0. The predicted octanol–water partition coefficient (Wildman–Crippen LogP) is 3.89. The fourth-order valence-electron chi connectivity index (χ4n) is 3.19. The van der Waals surface area contributed by atoms with Gasteiger partial charge in [0.15, 0.2) is 5.78 Å². The van der Waals surface area contributed by atoms with Crippen molar-refractivity contribution < 1.29 is 9.53 Å². The number of fused-ring (bicyclic) bond motifs is 1. The molecule has 0 amide bonds. The molecule has 0 unspecified atom stereocenters. The molecule has 0 saturated carbocycles. The molecule has 2 aromatic heterocycles. The fraction of sp³-hybridized carbons (Fsp3) is 0.0435. The number of para-hydroxylation sites is 1. The van der Waals surface area contributed by atoms with E-state index in [1.807, 2.05) is 36.4 Å². The Morgan fingerprint density at radius 2 is 1.76 bits per heavy atom. The molecular weight excluding hydrogens is 366 g/mol. The molecule has 0 atom stereocenters. The van der Waals surface area contributed by atoms with Crippen molar-refractivity contribution >= 4 is 22.8 Å². The van der Waals surface area contributed by atoms with Crippen molar-refractivity contribution in [1.82, 2.24) is 15.0 Å². The Balaban J connectivity index is 1.90. The van der Waals surface area contributed by atoms with Gasteiger partial charge in [-0.2, -0.15) is 0 Å². The van der Waals surface area contributed by atoms with Crippen molar-refractivity contribution in [3.05, 3.63) is 94.8 Å². The second-order valence-corrected chi connectivity index (χ2v) is 6.35. The number of benzene rings is 2. The monoisotopic (exact) mass is 383 g/mol. The first kappa shape index (κ1) is 18.3. The third-order valence-electron chi connectivity index (χ3n) is 4.55. The summed E-state index contributed by atoms with van der Waals surface area (Å²) >= 11 is 0. The molecule has 0 aliphatic rings. The zero-order valence-corrected chi connectivity index (χ0v) is 15.6. The summed E-state index contributed by atoms with van der Waals surface area (Å²) in [6.07, 6.45) is 7.55. The van der Waals surface area contributed by atoms with Gasteiger partial charge in [-0.15, -0.1) is 0 Å². The predicted molar refractivity (Wildman–Crippen MR) is 112 cm³/mol. The van der Waals surface area contributed by atoms with Crippen LogP contribution in [-0.2, 0) is 0 Å². The van der Waals surface area contributed by atoms with Gasteiger partial charge in [0.05, 0.1) is 12.7 Å². The van der Waals surface area contributed by atoms with Gasteiger partial charge in [0.25, 0.3) is 5.56 Å². The summed E-state index contributed by atoms with van der Waals surface area (Å²) < 4.78 is 5.22. The lowest BCUT2D eigenvalue weighted by Gasteiger charge is -2.12. The first-order valence-electron chi connectivity index (χ1n) is 8.94. The number of ether oxygens (including phenoxy) is 1. The van der Waals surface area contributed by atoms with E-state index in [1.54, 1.807) is 37.7 Å². The van der Waals surface area contributed by atoms with Crippen LogP contribution < -0.4 is 10.3 Å². The van der Waals surface area contributed by atoms with Crippen LogP contribution in [0.3, 0.4) is 0 Å². The quantitative estimate of drug-likeness (QED) is 0.417. The summed E-state index contributed by atoms with van der Waals surface area (Å²) in [4.78, 5) is 36.5. The number of pyridine rings is 1. The number of carbonyl (C=O) groups excluding carboxylic acids is 1. The van der Waals surface area contributed by atoms with Crippen molar-refractivity contribution in [2.75, 3.05) is 7.11 Å². The van der Waals surface area contributed by atoms with E-state index in [4.69, 9.17) is 4.74 Å². The Morgan fingerprint density at radius 3 is 2.48 bits per heavy atom. The van der Waals surface area contributed by atoms with E-state index >= 15 is 0 Å². The van der Waals surface area contributed by atoms with Gasteiger partial charge in [0, 0.05) is 34.4 Å². The Morgan fingerprint density at radius 1 is 1.03 bits per heavy atom. The number of nitrogens with zero attached hydrogens (tertiary/aromatic N) is 2. The number of hydrogen-bond donors (Lipinski definition) is 1. The number of H-pyrrole nitrogens is 1. The van der Waals surface area contributed by atoms with Crippen LogP contribution in [0, 0.1) is 0 Å². The molecule has 0 aliphatic heterocycles. The minimum absolute atomic E-state index is 0.0852. The summed E-state index contributed by atoms with van der Waals surface area (Å²) in [6, 6.07) is 14.7. The van der Waals surface area contributed by atoms with Crippen LogP contribution in [0.1, 0.15) is 15.9 Å². The molecule has 0 saturated heterocycles. The molecule has 0 bridgehead atoms. The maximum absolute atomic E-state index is 13.0. The number of methoxy groups -OCH3 is 1. The first-order valence-corrected chi connectivity index (χ1v) is 8.94. The molecule has 0 aliphatic carbocycles. The van der Waals surface area contributed by atoms with Gasteiger partial charge in [0.1, 0.15) is 12.1 Å². The molecule has 142 valence electrons. The van der Waals surface area contributed by atoms with Crippen molar-refractivity contribution in [2.45, 2.75) is 0 Å². The highest BCUT2D eigenvalue weighted by molar-refractivity contribution is 6.15. The fourth-order valence-corrected chi connectivity index (χ4v) is 3.19. The topological polar surface area (TPSA) is 84.9 Å². The SMILES string of the molecule is COc1ccc(-c2c(C(=O)/C=C/c3cncnc3)c(=O)[nH]c3ccccc23)cc1. The molecule has 0 radical (unpaired) electrons. The minimum Gasteiger partial charge on any atom is -0.497 e. The molecule has 2 aromatic carbocycles. The second kappa shape index (κ2) is 7.90. The van der Waals surface area contributed by atoms with Crippen LogP contribution in [0.5, 0.6) is 5.75 Å². The molecule has 29 heavy (non-hydrogen) atoms. The van der Waals surface area contributed by atoms with E-state index in [0.29, 0.717) is 22.4 Å². The average Bonchev–Trinajstić information content (AvgIpc) is 2.77. The smallest absolute Gasteiger partial charge is 0.260 e. The maximum atomic E-state index is 13.0. The van der Waals surface area contributed by atoms with E-state index in [1.165, 1.54) is 12.4 Å². The van der Waals surface area contributed by atoms with Crippen LogP contribution in [0.2, 0.25) is 0 Å². The van der Waals surface area contributed by atoms with Gasteiger partial charge in [-0.1, -0.05) is 30.3 Å². The molecule has 0 fully saturated rings. The van der Waals surface area contributed by atoms with Crippen LogP contribution in [0.15, 0.2) is 78.1 Å². The van der Waals surface area contributed by atoms with E-state index in [9.17, 15) is 9.59 Å². The molecule has 4 aromatic rings. The van der Waals surface area contributed by atoms with Gasteiger partial charge in [0.2, 0.25) is 0 Å². The Bertz CT molecular complexity index is 1260. The van der Waals surface area contributed by atoms with E-state index < -0.39 is 11.3 Å². The normalized spacial score (nSPS) is 11.1. The molecule has 1 N–H and O–H groups in total. The number of aromatic amines is 1. The molecule has 0 spiro atoms. The number of aromatic nitrogens is 3. The summed E-state index contributed by atoms with van der Waals surface area (Å²) in [7, 11) is 1.59. The van der Waals surface area contributed by atoms with Crippen molar-refractivity contribution in [1.29, 1.82) is 0 Å². The van der Waals surface area contributed by atoms with E-state index in [-0.39, 0.29) is 5.56 Å². The van der Waals surface area contributed by atoms with E-state index in [2.05, 4.69) is 15.0 Å². The highest BCUT2D eigenvalue weighted by atomic mass is 16.5. The Hall–Kier alpha value is -4.06. The minimum atomic E-state index is -0.437. The number of hydrogen-bond acceptors (Lipinski definition) is 5. The van der Waals surface area contributed by atoms with Gasteiger partial charge in [-0.3, -0.25) is 9.59 Å².